The van der Waals surface area contributed by atoms with Crippen LogP contribution in [0.3, 0.4) is 0 Å². The van der Waals surface area contributed by atoms with Crippen molar-refractivity contribution in [2.75, 3.05) is 6.16 Å². The Morgan fingerprint density at radius 1 is 1.82 bits per heavy atom. The van der Waals surface area contributed by atoms with Crippen molar-refractivity contribution in [1.82, 2.24) is 5.32 Å². The highest BCUT2D eigenvalue weighted by Crippen LogP contribution is 2.64. The summed E-state index contributed by atoms with van der Waals surface area (Å²) in [6, 6.07) is 0. The Hall–Kier alpha value is -0.490. The molecule has 2 aliphatic rings. The third-order valence-corrected chi connectivity index (χ3v) is 4.59. The van der Waals surface area contributed by atoms with Crippen LogP contribution in [0.25, 0.3) is 5.32 Å². The molecule has 1 N–H and O–H groups in total. The summed E-state index contributed by atoms with van der Waals surface area (Å²) < 4.78 is 0. The molecule has 0 aliphatic carbocycles. The molecule has 2 atom stereocenters. The molecular formula is C8H12N2P-. The van der Waals surface area contributed by atoms with Crippen LogP contribution in [0.4, 0.5) is 0 Å². The minimum atomic E-state index is 0.170. The Bertz CT molecular complexity index is 232. The molecule has 0 aromatic rings. The third kappa shape index (κ3) is 1.28. The molecule has 0 amide bonds. The van der Waals surface area contributed by atoms with Gasteiger partial charge in [-0.3, -0.25) is 0 Å². The standard InChI is InChI=1S/C8H12N2P/c1-3-7-9-4-8(10-7)11-5-6(11)2/h3-4,6,10H,5H2,1-2H3/q-1. The van der Waals surface area contributed by atoms with Crippen LogP contribution in [-0.2, 0) is 0 Å². The summed E-state index contributed by atoms with van der Waals surface area (Å²) in [5.41, 5.74) is 2.30. The van der Waals surface area contributed by atoms with Crippen LogP contribution in [-0.4, -0.2) is 11.8 Å². The zero-order valence-electron chi connectivity index (χ0n) is 6.83. The summed E-state index contributed by atoms with van der Waals surface area (Å²) >= 11 is 0. The molecule has 0 aromatic carbocycles. The predicted octanol–water partition coefficient (Wildman–Crippen LogP) is 2.51. The first kappa shape index (κ1) is 7.17. The fourth-order valence-electron chi connectivity index (χ4n) is 1.19. The van der Waals surface area contributed by atoms with Crippen molar-refractivity contribution in [3.05, 3.63) is 28.9 Å². The maximum absolute atomic E-state index is 4.24. The minimum absolute atomic E-state index is 0.170. The normalized spacial score (nSPS) is 38.0. The average Bonchev–Trinajstić information content (AvgIpc) is 2.59. The van der Waals surface area contributed by atoms with E-state index in [4.69, 9.17) is 0 Å². The molecule has 1 saturated heterocycles. The molecule has 2 rings (SSSR count). The summed E-state index contributed by atoms with van der Waals surface area (Å²) in [4.78, 5) is 0. The Morgan fingerprint density at radius 3 is 3.00 bits per heavy atom. The second kappa shape index (κ2) is 2.53. The van der Waals surface area contributed by atoms with Gasteiger partial charge in [-0.15, -0.1) is 0 Å². The minimum Gasteiger partial charge on any atom is -0.457 e. The van der Waals surface area contributed by atoms with Gasteiger partial charge in [0.1, 0.15) is 0 Å². The summed E-state index contributed by atoms with van der Waals surface area (Å²) in [6.07, 6.45) is 5.39. The van der Waals surface area contributed by atoms with Crippen molar-refractivity contribution >= 4 is 7.92 Å². The van der Waals surface area contributed by atoms with E-state index in [1.165, 1.54) is 11.6 Å². The second-order valence-corrected chi connectivity index (χ2v) is 5.61. The topological polar surface area (TPSA) is 26.1 Å². The zero-order valence-corrected chi connectivity index (χ0v) is 7.73. The van der Waals surface area contributed by atoms with Gasteiger partial charge in [0.2, 0.25) is 0 Å². The first-order valence-corrected chi connectivity index (χ1v) is 5.52. The molecule has 60 valence electrons. The molecule has 0 aromatic heterocycles. The molecule has 2 heterocycles. The monoisotopic (exact) mass is 167 g/mol. The Balaban J connectivity index is 1.98. The highest BCUT2D eigenvalue weighted by molar-refractivity contribution is 7.70. The highest BCUT2D eigenvalue weighted by atomic mass is 31.1. The fraction of sp³-hybridized carbons (Fsp3) is 0.500. The van der Waals surface area contributed by atoms with E-state index in [0.717, 1.165) is 11.5 Å². The first-order chi connectivity index (χ1) is 5.31. The lowest BCUT2D eigenvalue weighted by atomic mass is 10.6. The van der Waals surface area contributed by atoms with Gasteiger partial charge >= 0.3 is 0 Å². The van der Waals surface area contributed by atoms with Gasteiger partial charge in [-0.1, -0.05) is 32.9 Å². The predicted molar refractivity (Wildman–Crippen MR) is 49.6 cm³/mol. The molecule has 11 heavy (non-hydrogen) atoms. The van der Waals surface area contributed by atoms with E-state index >= 15 is 0 Å². The van der Waals surface area contributed by atoms with Crippen molar-refractivity contribution in [2.24, 2.45) is 0 Å². The molecule has 0 spiro atoms. The van der Waals surface area contributed by atoms with Crippen LogP contribution in [0.1, 0.15) is 13.8 Å². The third-order valence-electron chi connectivity index (χ3n) is 2.02. The van der Waals surface area contributed by atoms with E-state index in [1.807, 2.05) is 19.2 Å². The van der Waals surface area contributed by atoms with Gasteiger partial charge in [0, 0.05) is 0 Å². The van der Waals surface area contributed by atoms with Gasteiger partial charge in [-0.25, -0.2) is 0 Å². The summed E-state index contributed by atoms with van der Waals surface area (Å²) in [5, 5.41) is 7.55. The number of nitrogens with one attached hydrogen (secondary N) is 1. The van der Waals surface area contributed by atoms with E-state index < -0.39 is 0 Å². The summed E-state index contributed by atoms with van der Waals surface area (Å²) in [5.74, 6) is 1.02. The average molecular weight is 167 g/mol. The molecule has 3 heteroatoms. The molecular weight excluding hydrogens is 155 g/mol. The largest absolute Gasteiger partial charge is 0.457 e. The van der Waals surface area contributed by atoms with Crippen molar-refractivity contribution in [3.63, 3.8) is 0 Å². The van der Waals surface area contributed by atoms with E-state index in [-0.39, 0.29) is 7.92 Å². The summed E-state index contributed by atoms with van der Waals surface area (Å²) in [6.45, 7) is 4.31. The maximum atomic E-state index is 4.24. The van der Waals surface area contributed by atoms with Crippen LogP contribution in [0, 0.1) is 0 Å². The van der Waals surface area contributed by atoms with Crippen molar-refractivity contribution in [2.45, 2.75) is 19.5 Å². The number of allylic oxidation sites excluding steroid dienone is 1. The molecule has 2 nitrogen and oxygen atoms in total. The van der Waals surface area contributed by atoms with Gasteiger partial charge in [0.05, 0.1) is 0 Å². The molecule has 0 bridgehead atoms. The van der Waals surface area contributed by atoms with Gasteiger partial charge < -0.3 is 10.6 Å². The van der Waals surface area contributed by atoms with E-state index in [1.54, 1.807) is 0 Å². The lowest BCUT2D eigenvalue weighted by molar-refractivity contribution is 1.11. The Morgan fingerprint density at radius 2 is 2.55 bits per heavy atom. The fourth-order valence-corrected chi connectivity index (χ4v) is 3.05. The number of hydrogen-bond acceptors (Lipinski definition) is 1. The first-order valence-electron chi connectivity index (χ1n) is 3.92. The molecule has 0 radical (unpaired) electrons. The van der Waals surface area contributed by atoms with Crippen LogP contribution in [0.2, 0.25) is 0 Å². The van der Waals surface area contributed by atoms with Crippen LogP contribution < -0.4 is 5.32 Å². The molecule has 1 fully saturated rings. The highest BCUT2D eigenvalue weighted by Gasteiger charge is 2.33. The van der Waals surface area contributed by atoms with Crippen molar-refractivity contribution in [3.8, 4) is 0 Å². The van der Waals surface area contributed by atoms with Crippen LogP contribution in [0.5, 0.6) is 0 Å². The Kier molecular flexibility index (Phi) is 1.65. The van der Waals surface area contributed by atoms with Gasteiger partial charge in [-0.05, 0) is 24.2 Å². The lowest BCUT2D eigenvalue weighted by Crippen LogP contribution is -2.01. The van der Waals surface area contributed by atoms with Crippen LogP contribution in [0.15, 0.2) is 23.5 Å². The smallest absolute Gasteiger partial charge is 0.0158 e. The van der Waals surface area contributed by atoms with Crippen molar-refractivity contribution < 1.29 is 0 Å². The quantitative estimate of drug-likeness (QED) is 0.596. The molecule has 2 aliphatic heterocycles. The zero-order chi connectivity index (χ0) is 7.84. The number of rotatable bonds is 1. The van der Waals surface area contributed by atoms with Gasteiger partial charge in [0.25, 0.3) is 0 Å². The molecule has 2 unspecified atom stereocenters. The van der Waals surface area contributed by atoms with E-state index in [2.05, 4.69) is 17.6 Å². The van der Waals surface area contributed by atoms with Crippen molar-refractivity contribution in [1.29, 1.82) is 0 Å². The molecule has 0 saturated carbocycles. The maximum Gasteiger partial charge on any atom is -0.0158 e. The lowest BCUT2D eigenvalue weighted by Gasteiger charge is -2.11. The number of nitrogens with zero attached hydrogens (tertiary/aromatic N) is 1. The summed E-state index contributed by atoms with van der Waals surface area (Å²) in [7, 11) is 0.170. The van der Waals surface area contributed by atoms with Crippen LogP contribution >= 0.6 is 7.92 Å². The second-order valence-electron chi connectivity index (χ2n) is 2.94. The van der Waals surface area contributed by atoms with E-state index in [0.29, 0.717) is 0 Å². The Labute approximate surface area is 68.5 Å². The van der Waals surface area contributed by atoms with Gasteiger partial charge in [0.15, 0.2) is 0 Å². The van der Waals surface area contributed by atoms with Gasteiger partial charge in [-0.2, -0.15) is 0 Å². The van der Waals surface area contributed by atoms with E-state index in [9.17, 15) is 0 Å². The number of hydrogen-bond donors (Lipinski definition) is 1. The SMILES string of the molecule is CC=C1[N-]C=C(P2CC2C)N1.